The number of nitrogens with one attached hydrogen (secondary N) is 1. The van der Waals surface area contributed by atoms with Crippen molar-refractivity contribution < 1.29 is 9.18 Å². The molecule has 0 aliphatic heterocycles. The molecule has 0 bridgehead atoms. The molecule has 21 heavy (non-hydrogen) atoms. The largest absolute Gasteiger partial charge is 0.349 e. The minimum Gasteiger partial charge on any atom is -0.349 e. The summed E-state index contributed by atoms with van der Waals surface area (Å²) in [4.78, 5) is 12.2. The minimum atomic E-state index is -0.313. The van der Waals surface area contributed by atoms with E-state index in [1.165, 1.54) is 6.07 Å². The van der Waals surface area contributed by atoms with E-state index in [4.69, 9.17) is 5.73 Å². The minimum absolute atomic E-state index is 0. The van der Waals surface area contributed by atoms with Crippen molar-refractivity contribution in [3.05, 3.63) is 35.6 Å². The van der Waals surface area contributed by atoms with Crippen molar-refractivity contribution in [1.82, 2.24) is 5.32 Å². The van der Waals surface area contributed by atoms with Gasteiger partial charge in [-0.25, -0.2) is 4.39 Å². The number of amides is 1. The van der Waals surface area contributed by atoms with Gasteiger partial charge in [-0.05, 0) is 43.2 Å². The van der Waals surface area contributed by atoms with E-state index in [9.17, 15) is 9.18 Å². The maximum Gasteiger partial charge on any atom is 0.221 e. The molecule has 1 fully saturated rings. The number of hydrogen-bond acceptors (Lipinski definition) is 2. The molecule has 118 valence electrons. The number of carbonyl (C=O) groups is 1. The zero-order valence-electron chi connectivity index (χ0n) is 12.6. The summed E-state index contributed by atoms with van der Waals surface area (Å²) in [5, 5.41) is 3.04. The summed E-state index contributed by atoms with van der Waals surface area (Å²) < 4.78 is 13.7. The van der Waals surface area contributed by atoms with Crippen LogP contribution in [0.15, 0.2) is 24.3 Å². The molecule has 2 unspecified atom stereocenters. The average molecular weight is 315 g/mol. The molecule has 5 heteroatoms. The Morgan fingerprint density at radius 2 is 2.10 bits per heavy atom. The number of halogens is 2. The molecule has 1 saturated carbocycles. The summed E-state index contributed by atoms with van der Waals surface area (Å²) in [5.74, 6) is 0.0369. The van der Waals surface area contributed by atoms with Crippen LogP contribution in [0.5, 0.6) is 0 Å². The second-order valence-corrected chi connectivity index (χ2v) is 6.07. The van der Waals surface area contributed by atoms with Gasteiger partial charge in [-0.1, -0.05) is 25.1 Å². The topological polar surface area (TPSA) is 55.1 Å². The Morgan fingerprint density at radius 3 is 2.62 bits per heavy atom. The molecule has 3 nitrogen and oxygen atoms in total. The van der Waals surface area contributed by atoms with Crippen LogP contribution in [0.2, 0.25) is 0 Å². The highest BCUT2D eigenvalue weighted by Gasteiger charge is 2.41. The third kappa shape index (κ3) is 4.42. The molecule has 1 aliphatic carbocycles. The molecule has 0 radical (unpaired) electrons. The summed E-state index contributed by atoms with van der Waals surface area (Å²) >= 11 is 0. The fraction of sp³-hybridized carbons (Fsp3) is 0.562. The first-order valence-electron chi connectivity index (χ1n) is 7.22. The van der Waals surface area contributed by atoms with Gasteiger partial charge in [0.05, 0.1) is 5.54 Å². The van der Waals surface area contributed by atoms with Gasteiger partial charge in [0.25, 0.3) is 0 Å². The van der Waals surface area contributed by atoms with E-state index in [-0.39, 0.29) is 42.0 Å². The highest BCUT2D eigenvalue weighted by molar-refractivity contribution is 5.85. The van der Waals surface area contributed by atoms with Crippen molar-refractivity contribution in [2.75, 3.05) is 6.54 Å². The van der Waals surface area contributed by atoms with Gasteiger partial charge >= 0.3 is 0 Å². The molecule has 0 spiro atoms. The molecule has 2 atom stereocenters. The Labute approximate surface area is 131 Å². The van der Waals surface area contributed by atoms with Crippen LogP contribution < -0.4 is 11.1 Å². The molecule has 1 aliphatic rings. The Morgan fingerprint density at radius 1 is 1.48 bits per heavy atom. The standard InChI is InChI=1S/C16H23FN2O.ClH/c1-11(13-5-3-4-6-14(13)17)9-15(20)19-16(2,10-18)12-7-8-12;/h3-6,11-12H,7-10,18H2,1-2H3,(H,19,20);1H. The van der Waals surface area contributed by atoms with E-state index in [1.54, 1.807) is 18.2 Å². The zero-order chi connectivity index (χ0) is 14.8. The normalized spacial score (nSPS) is 18.3. The lowest BCUT2D eigenvalue weighted by Gasteiger charge is -2.30. The van der Waals surface area contributed by atoms with E-state index < -0.39 is 0 Å². The van der Waals surface area contributed by atoms with Gasteiger partial charge in [0.2, 0.25) is 5.91 Å². The van der Waals surface area contributed by atoms with Crippen molar-refractivity contribution in [2.45, 2.75) is 44.6 Å². The summed E-state index contributed by atoms with van der Waals surface area (Å²) in [5.41, 5.74) is 6.06. The van der Waals surface area contributed by atoms with E-state index in [2.05, 4.69) is 5.32 Å². The van der Waals surface area contributed by atoms with Crippen LogP contribution >= 0.6 is 12.4 Å². The van der Waals surface area contributed by atoms with Crippen LogP contribution in [-0.2, 0) is 4.79 Å². The van der Waals surface area contributed by atoms with E-state index in [1.807, 2.05) is 13.8 Å². The Balaban J connectivity index is 0.00000220. The van der Waals surface area contributed by atoms with Crippen LogP contribution in [0.25, 0.3) is 0 Å². The maximum absolute atomic E-state index is 13.7. The van der Waals surface area contributed by atoms with Gasteiger partial charge in [0.15, 0.2) is 0 Å². The van der Waals surface area contributed by atoms with Crippen molar-refractivity contribution in [1.29, 1.82) is 0 Å². The summed E-state index contributed by atoms with van der Waals surface area (Å²) in [6, 6.07) is 6.61. The number of nitrogens with two attached hydrogens (primary N) is 1. The van der Waals surface area contributed by atoms with Crippen LogP contribution in [-0.4, -0.2) is 18.0 Å². The fourth-order valence-corrected chi connectivity index (χ4v) is 2.67. The Bertz CT molecular complexity index is 493. The summed E-state index contributed by atoms with van der Waals surface area (Å²) in [6.45, 7) is 4.31. The maximum atomic E-state index is 13.7. The monoisotopic (exact) mass is 314 g/mol. The first kappa shape index (κ1) is 17.9. The lowest BCUT2D eigenvalue weighted by Crippen LogP contribution is -2.53. The first-order valence-corrected chi connectivity index (χ1v) is 7.22. The van der Waals surface area contributed by atoms with Crippen LogP contribution in [0.1, 0.15) is 44.6 Å². The van der Waals surface area contributed by atoms with Gasteiger partial charge in [0, 0.05) is 13.0 Å². The third-order valence-corrected chi connectivity index (χ3v) is 4.26. The number of hydrogen-bond donors (Lipinski definition) is 2. The van der Waals surface area contributed by atoms with Crippen LogP contribution in [0.4, 0.5) is 4.39 Å². The second kappa shape index (κ2) is 7.23. The van der Waals surface area contributed by atoms with E-state index >= 15 is 0 Å². The lowest BCUT2D eigenvalue weighted by molar-refractivity contribution is -0.123. The van der Waals surface area contributed by atoms with Gasteiger partial charge in [-0.2, -0.15) is 0 Å². The highest BCUT2D eigenvalue weighted by atomic mass is 35.5. The van der Waals surface area contributed by atoms with E-state index in [0.717, 1.165) is 12.8 Å². The second-order valence-electron chi connectivity index (χ2n) is 6.07. The number of benzene rings is 1. The molecular weight excluding hydrogens is 291 g/mol. The molecule has 0 aromatic heterocycles. The molecule has 2 rings (SSSR count). The highest BCUT2D eigenvalue weighted by Crippen LogP contribution is 2.39. The molecule has 1 amide bonds. The SMILES string of the molecule is CC(CC(=O)NC(C)(CN)C1CC1)c1ccccc1F.Cl. The number of rotatable bonds is 6. The molecule has 1 aromatic carbocycles. The predicted octanol–water partition coefficient (Wildman–Crippen LogP) is 2.98. The average Bonchev–Trinajstić information content (AvgIpc) is 3.23. The van der Waals surface area contributed by atoms with Crippen LogP contribution in [0.3, 0.4) is 0 Å². The molecule has 0 saturated heterocycles. The summed E-state index contributed by atoms with van der Waals surface area (Å²) in [7, 11) is 0. The predicted molar refractivity (Wildman–Crippen MR) is 85.0 cm³/mol. The van der Waals surface area contributed by atoms with Crippen molar-refractivity contribution in [2.24, 2.45) is 11.7 Å². The fourth-order valence-electron chi connectivity index (χ4n) is 2.67. The van der Waals surface area contributed by atoms with Crippen molar-refractivity contribution in [3.8, 4) is 0 Å². The van der Waals surface area contributed by atoms with Gasteiger partial charge in [0.1, 0.15) is 5.82 Å². The molecule has 3 N–H and O–H groups in total. The third-order valence-electron chi connectivity index (χ3n) is 4.26. The zero-order valence-corrected chi connectivity index (χ0v) is 13.4. The quantitative estimate of drug-likeness (QED) is 0.848. The smallest absolute Gasteiger partial charge is 0.221 e. The Hall–Kier alpha value is -1.13. The molecular formula is C16H24ClFN2O. The van der Waals surface area contributed by atoms with Crippen LogP contribution in [0, 0.1) is 11.7 Å². The van der Waals surface area contributed by atoms with Gasteiger partial charge in [-0.3, -0.25) is 4.79 Å². The van der Waals surface area contributed by atoms with Gasteiger partial charge < -0.3 is 11.1 Å². The number of carbonyl (C=O) groups excluding carboxylic acids is 1. The lowest BCUT2D eigenvalue weighted by atomic mass is 9.93. The Kier molecular flexibility index (Phi) is 6.17. The van der Waals surface area contributed by atoms with E-state index in [0.29, 0.717) is 18.0 Å². The molecule has 0 heterocycles. The van der Waals surface area contributed by atoms with Crippen molar-refractivity contribution in [3.63, 3.8) is 0 Å². The summed E-state index contributed by atoms with van der Waals surface area (Å²) in [6.07, 6.45) is 2.52. The van der Waals surface area contributed by atoms with Crippen molar-refractivity contribution >= 4 is 18.3 Å². The van der Waals surface area contributed by atoms with Gasteiger partial charge in [-0.15, -0.1) is 12.4 Å². The first-order chi connectivity index (χ1) is 9.46. The molecule has 1 aromatic rings.